The first-order chi connectivity index (χ1) is 10.0. The van der Waals surface area contributed by atoms with Crippen molar-refractivity contribution in [3.8, 4) is 0 Å². The molecule has 6 heteroatoms. The van der Waals surface area contributed by atoms with Crippen LogP contribution < -0.4 is 10.0 Å². The van der Waals surface area contributed by atoms with Gasteiger partial charge in [0.1, 0.15) is 0 Å². The van der Waals surface area contributed by atoms with Crippen LogP contribution in [-0.2, 0) is 22.9 Å². The SMILES string of the molecule is CC1CC(NS(=O)(=O)c2ccc3c(c2)CCCC3)CCN1.Cl. The molecule has 0 saturated carbocycles. The first kappa shape index (κ1) is 17.7. The summed E-state index contributed by atoms with van der Waals surface area (Å²) in [4.78, 5) is 0.425. The second kappa shape index (κ2) is 7.30. The number of benzene rings is 1. The Labute approximate surface area is 139 Å². The van der Waals surface area contributed by atoms with Crippen molar-refractivity contribution >= 4 is 22.4 Å². The average Bonchev–Trinajstić information content (AvgIpc) is 2.46. The Morgan fingerprint density at radius 1 is 1.18 bits per heavy atom. The van der Waals surface area contributed by atoms with Gasteiger partial charge in [0.05, 0.1) is 4.90 Å². The van der Waals surface area contributed by atoms with Gasteiger partial charge in [0.15, 0.2) is 0 Å². The molecule has 0 bridgehead atoms. The Morgan fingerprint density at radius 2 is 1.91 bits per heavy atom. The minimum Gasteiger partial charge on any atom is -0.314 e. The van der Waals surface area contributed by atoms with Gasteiger partial charge in [-0.05, 0) is 75.3 Å². The van der Waals surface area contributed by atoms with Crippen LogP contribution in [0.2, 0.25) is 0 Å². The Kier molecular flexibility index (Phi) is 5.88. The van der Waals surface area contributed by atoms with E-state index in [1.165, 1.54) is 17.5 Å². The van der Waals surface area contributed by atoms with E-state index in [-0.39, 0.29) is 18.4 Å². The van der Waals surface area contributed by atoms with Crippen molar-refractivity contribution in [1.82, 2.24) is 10.0 Å². The van der Waals surface area contributed by atoms with E-state index < -0.39 is 10.0 Å². The molecule has 3 rings (SSSR count). The molecule has 2 atom stereocenters. The van der Waals surface area contributed by atoms with Crippen LogP contribution in [0.15, 0.2) is 23.1 Å². The molecule has 0 radical (unpaired) electrons. The van der Waals surface area contributed by atoms with Crippen molar-refractivity contribution in [3.05, 3.63) is 29.3 Å². The van der Waals surface area contributed by atoms with Crippen LogP contribution in [-0.4, -0.2) is 27.0 Å². The van der Waals surface area contributed by atoms with Gasteiger partial charge < -0.3 is 5.32 Å². The van der Waals surface area contributed by atoms with E-state index in [1.54, 1.807) is 6.07 Å². The first-order valence-corrected chi connectivity index (χ1v) is 9.40. The fourth-order valence-corrected chi connectivity index (χ4v) is 4.74. The first-order valence-electron chi connectivity index (χ1n) is 7.92. The van der Waals surface area contributed by atoms with Crippen molar-refractivity contribution in [3.63, 3.8) is 0 Å². The number of fused-ring (bicyclic) bond motifs is 1. The van der Waals surface area contributed by atoms with Crippen LogP contribution in [0.4, 0.5) is 0 Å². The quantitative estimate of drug-likeness (QED) is 0.885. The summed E-state index contributed by atoms with van der Waals surface area (Å²) in [6.45, 7) is 2.97. The lowest BCUT2D eigenvalue weighted by molar-refractivity contribution is 0.361. The smallest absolute Gasteiger partial charge is 0.240 e. The highest BCUT2D eigenvalue weighted by atomic mass is 35.5. The van der Waals surface area contributed by atoms with Gasteiger partial charge in [-0.25, -0.2) is 13.1 Å². The van der Waals surface area contributed by atoms with E-state index in [0.29, 0.717) is 10.9 Å². The summed E-state index contributed by atoms with van der Waals surface area (Å²) in [5, 5.41) is 3.34. The molecule has 1 saturated heterocycles. The molecular formula is C16H25ClN2O2S. The van der Waals surface area contributed by atoms with Gasteiger partial charge in [0.2, 0.25) is 10.0 Å². The van der Waals surface area contributed by atoms with E-state index >= 15 is 0 Å². The van der Waals surface area contributed by atoms with Crippen LogP contribution in [0.25, 0.3) is 0 Å². The Hall–Kier alpha value is -0.620. The maximum Gasteiger partial charge on any atom is 0.240 e. The third kappa shape index (κ3) is 4.02. The summed E-state index contributed by atoms with van der Waals surface area (Å²) in [6, 6.07) is 6.05. The zero-order valence-corrected chi connectivity index (χ0v) is 14.6. The summed E-state index contributed by atoms with van der Waals surface area (Å²) in [5.74, 6) is 0. The van der Waals surface area contributed by atoms with E-state index in [0.717, 1.165) is 38.6 Å². The standard InChI is InChI=1S/C16H24N2O2S.ClH/c1-12-10-15(8-9-17-12)18-21(19,20)16-7-6-13-4-2-3-5-14(13)11-16;/h6-7,11-12,15,17-18H,2-5,8-10H2,1H3;1H. The molecule has 1 aliphatic heterocycles. The fraction of sp³-hybridized carbons (Fsp3) is 0.625. The maximum absolute atomic E-state index is 12.6. The van der Waals surface area contributed by atoms with E-state index in [4.69, 9.17) is 0 Å². The molecule has 1 fully saturated rings. The molecule has 1 aromatic rings. The number of piperidine rings is 1. The van der Waals surface area contributed by atoms with E-state index in [9.17, 15) is 8.42 Å². The van der Waals surface area contributed by atoms with Crippen LogP contribution in [0.1, 0.15) is 43.7 Å². The fourth-order valence-electron chi connectivity index (χ4n) is 3.40. The van der Waals surface area contributed by atoms with Gasteiger partial charge >= 0.3 is 0 Å². The number of sulfonamides is 1. The molecule has 1 aromatic carbocycles. The third-order valence-corrected chi connectivity index (χ3v) is 6.09. The second-order valence-corrected chi connectivity index (χ2v) is 8.05. The number of hydrogen-bond donors (Lipinski definition) is 2. The molecule has 0 spiro atoms. The lowest BCUT2D eigenvalue weighted by Gasteiger charge is -2.28. The predicted octanol–water partition coefficient (Wildman–Crippen LogP) is 2.41. The molecule has 0 aromatic heterocycles. The lowest BCUT2D eigenvalue weighted by atomic mass is 9.92. The summed E-state index contributed by atoms with van der Waals surface area (Å²) < 4.78 is 28.0. The van der Waals surface area contributed by atoms with Crippen molar-refractivity contribution in [1.29, 1.82) is 0 Å². The molecule has 0 amide bonds. The summed E-state index contributed by atoms with van der Waals surface area (Å²) in [7, 11) is -3.39. The normalized spacial score (nSPS) is 25.1. The number of hydrogen-bond acceptors (Lipinski definition) is 3. The minimum absolute atomic E-state index is 0. The van der Waals surface area contributed by atoms with Crippen LogP contribution in [0.3, 0.4) is 0 Å². The van der Waals surface area contributed by atoms with Crippen molar-refractivity contribution in [2.24, 2.45) is 0 Å². The van der Waals surface area contributed by atoms with Crippen molar-refractivity contribution in [2.75, 3.05) is 6.54 Å². The van der Waals surface area contributed by atoms with E-state index in [1.807, 2.05) is 12.1 Å². The summed E-state index contributed by atoms with van der Waals surface area (Å²) >= 11 is 0. The third-order valence-electron chi connectivity index (χ3n) is 4.58. The Balaban J connectivity index is 0.00000176. The largest absolute Gasteiger partial charge is 0.314 e. The molecule has 4 nitrogen and oxygen atoms in total. The zero-order chi connectivity index (χ0) is 14.9. The minimum atomic E-state index is -3.39. The Bertz CT molecular complexity index is 619. The van der Waals surface area contributed by atoms with Crippen LogP contribution in [0, 0.1) is 0 Å². The van der Waals surface area contributed by atoms with Gasteiger partial charge in [0, 0.05) is 12.1 Å². The monoisotopic (exact) mass is 344 g/mol. The van der Waals surface area contributed by atoms with Crippen molar-refractivity contribution in [2.45, 2.75) is 62.4 Å². The number of nitrogens with one attached hydrogen (secondary N) is 2. The van der Waals surface area contributed by atoms with Gasteiger partial charge in [-0.1, -0.05) is 6.07 Å². The second-order valence-electron chi connectivity index (χ2n) is 6.34. The highest BCUT2D eigenvalue weighted by molar-refractivity contribution is 7.89. The maximum atomic E-state index is 12.6. The number of aryl methyl sites for hydroxylation is 2. The number of halogens is 1. The molecule has 1 heterocycles. The van der Waals surface area contributed by atoms with Gasteiger partial charge in [-0.15, -0.1) is 12.4 Å². The summed E-state index contributed by atoms with van der Waals surface area (Å²) in [6.07, 6.45) is 6.16. The van der Waals surface area contributed by atoms with Crippen LogP contribution >= 0.6 is 12.4 Å². The zero-order valence-electron chi connectivity index (χ0n) is 13.0. The molecule has 22 heavy (non-hydrogen) atoms. The highest BCUT2D eigenvalue weighted by Crippen LogP contribution is 2.24. The molecule has 1 aliphatic carbocycles. The van der Waals surface area contributed by atoms with Crippen LogP contribution in [0.5, 0.6) is 0 Å². The molecule has 124 valence electrons. The summed E-state index contributed by atoms with van der Waals surface area (Å²) in [5.41, 5.74) is 2.53. The molecular weight excluding hydrogens is 320 g/mol. The van der Waals surface area contributed by atoms with Gasteiger partial charge in [0.25, 0.3) is 0 Å². The van der Waals surface area contributed by atoms with Gasteiger partial charge in [-0.3, -0.25) is 0 Å². The highest BCUT2D eigenvalue weighted by Gasteiger charge is 2.25. The molecule has 2 N–H and O–H groups in total. The van der Waals surface area contributed by atoms with Crippen molar-refractivity contribution < 1.29 is 8.42 Å². The average molecular weight is 345 g/mol. The molecule has 2 unspecified atom stereocenters. The predicted molar refractivity (Wildman–Crippen MR) is 91.1 cm³/mol. The van der Waals surface area contributed by atoms with Gasteiger partial charge in [-0.2, -0.15) is 0 Å². The molecule has 2 aliphatic rings. The van der Waals surface area contributed by atoms with E-state index in [2.05, 4.69) is 17.0 Å². The lowest BCUT2D eigenvalue weighted by Crippen LogP contribution is -2.46. The topological polar surface area (TPSA) is 58.2 Å². The number of rotatable bonds is 3. The Morgan fingerprint density at radius 3 is 2.64 bits per heavy atom.